The smallest absolute Gasteiger partial charge is 0.308 e. The van der Waals surface area contributed by atoms with Crippen LogP contribution in [0.15, 0.2) is 61.1 Å². The van der Waals surface area contributed by atoms with Crippen LogP contribution in [-0.4, -0.2) is 47.3 Å². The molecule has 0 saturated carbocycles. The van der Waals surface area contributed by atoms with Crippen molar-refractivity contribution in [2.75, 3.05) is 0 Å². The minimum absolute atomic E-state index is 0.0873. The summed E-state index contributed by atoms with van der Waals surface area (Å²) in [6.07, 6.45) is 5.07. The number of hydrogen-bond donors (Lipinski definition) is 2. The van der Waals surface area contributed by atoms with Crippen molar-refractivity contribution in [2.24, 2.45) is 11.8 Å². The molecular weight excluding hydrogens is 475 g/mol. The predicted octanol–water partition coefficient (Wildman–Crippen LogP) is 4.08. The molecule has 0 bridgehead atoms. The van der Waals surface area contributed by atoms with Gasteiger partial charge in [0.05, 0.1) is 31.1 Å². The van der Waals surface area contributed by atoms with Gasteiger partial charge in [0.1, 0.15) is 11.5 Å². The Morgan fingerprint density at radius 3 is 2.51 bits per heavy atom. The van der Waals surface area contributed by atoms with Gasteiger partial charge in [-0.3, -0.25) is 9.59 Å². The minimum atomic E-state index is -0.993. The van der Waals surface area contributed by atoms with E-state index >= 15 is 0 Å². The van der Waals surface area contributed by atoms with Gasteiger partial charge in [-0.25, -0.2) is 4.39 Å². The van der Waals surface area contributed by atoms with Crippen LogP contribution >= 0.6 is 11.6 Å². The largest absolute Gasteiger partial charge is 0.481 e. The second-order valence-electron chi connectivity index (χ2n) is 8.23. The van der Waals surface area contributed by atoms with Crippen LogP contribution in [0.2, 0.25) is 5.02 Å². The Hall–Kier alpha value is -3.92. The van der Waals surface area contributed by atoms with Gasteiger partial charge in [-0.2, -0.15) is 30.4 Å². The molecule has 9 nitrogen and oxygen atoms in total. The number of carboxylic acids is 1. The van der Waals surface area contributed by atoms with E-state index in [-0.39, 0.29) is 42.6 Å². The molecule has 4 rings (SSSR count). The molecule has 180 valence electrons. The molecule has 2 N–H and O–H groups in total. The zero-order valence-electron chi connectivity index (χ0n) is 18.5. The van der Waals surface area contributed by atoms with Gasteiger partial charge in [0.2, 0.25) is 0 Å². The fraction of sp³-hybridized carbons (Fsp3) is 0.250. The average Bonchev–Trinajstić information content (AvgIpc) is 3.55. The summed E-state index contributed by atoms with van der Waals surface area (Å²) >= 11 is 6.01. The van der Waals surface area contributed by atoms with Crippen molar-refractivity contribution in [2.45, 2.75) is 25.8 Å². The Labute approximate surface area is 204 Å². The van der Waals surface area contributed by atoms with Crippen molar-refractivity contribution in [3.63, 3.8) is 0 Å². The van der Waals surface area contributed by atoms with Crippen LogP contribution in [0.5, 0.6) is 0 Å². The van der Waals surface area contributed by atoms with E-state index in [1.165, 1.54) is 35.5 Å². The van der Waals surface area contributed by atoms with Crippen molar-refractivity contribution in [3.8, 4) is 11.1 Å². The molecule has 4 aromatic rings. The molecule has 2 atom stereocenters. The molecule has 2 aromatic carbocycles. The maximum absolute atomic E-state index is 14.2. The Balaban J connectivity index is 1.53. The van der Waals surface area contributed by atoms with Crippen LogP contribution < -0.4 is 0 Å². The Morgan fingerprint density at radius 2 is 1.86 bits per heavy atom. The van der Waals surface area contributed by atoms with Crippen LogP contribution in [0.3, 0.4) is 0 Å². The van der Waals surface area contributed by atoms with Crippen molar-refractivity contribution >= 4 is 23.4 Å². The summed E-state index contributed by atoms with van der Waals surface area (Å²) in [6, 6.07) is 11.6. The van der Waals surface area contributed by atoms with E-state index in [1.807, 2.05) is 12.1 Å². The highest BCUT2D eigenvalue weighted by Crippen LogP contribution is 2.28. The minimum Gasteiger partial charge on any atom is -0.481 e. The maximum atomic E-state index is 14.2. The Morgan fingerprint density at radius 1 is 1.11 bits per heavy atom. The third-order valence-corrected chi connectivity index (χ3v) is 5.94. The first-order valence-corrected chi connectivity index (χ1v) is 11.3. The first kappa shape index (κ1) is 24.2. The molecule has 0 aliphatic rings. The van der Waals surface area contributed by atoms with Crippen LogP contribution in [0.1, 0.15) is 28.9 Å². The molecule has 0 fully saturated rings. The molecule has 0 aliphatic carbocycles. The number of aromatic amines is 1. The number of carbonyl (C=O) groups excluding carboxylic acids is 1. The number of nitrogens with zero attached hydrogens (tertiary/aromatic N) is 5. The molecule has 0 spiro atoms. The van der Waals surface area contributed by atoms with E-state index in [0.717, 1.165) is 5.56 Å². The van der Waals surface area contributed by atoms with Crippen molar-refractivity contribution in [1.29, 1.82) is 0 Å². The summed E-state index contributed by atoms with van der Waals surface area (Å²) < 4.78 is 14.2. The number of benzene rings is 2. The summed E-state index contributed by atoms with van der Waals surface area (Å²) in [7, 11) is 0. The molecule has 0 saturated heterocycles. The first-order chi connectivity index (χ1) is 16.9. The van der Waals surface area contributed by atoms with Crippen molar-refractivity contribution < 1.29 is 19.1 Å². The van der Waals surface area contributed by atoms with E-state index in [2.05, 4.69) is 25.6 Å². The lowest BCUT2D eigenvalue weighted by atomic mass is 9.85. The zero-order valence-corrected chi connectivity index (χ0v) is 19.3. The number of hydrogen-bond acceptors (Lipinski definition) is 6. The summed E-state index contributed by atoms with van der Waals surface area (Å²) in [5, 5.41) is 28.1. The molecule has 35 heavy (non-hydrogen) atoms. The second kappa shape index (κ2) is 11.0. The molecule has 2 aromatic heterocycles. The fourth-order valence-electron chi connectivity index (χ4n) is 4.00. The molecule has 0 unspecified atom stereocenters. The molecule has 11 heteroatoms. The fourth-order valence-corrected chi connectivity index (χ4v) is 4.18. The lowest BCUT2D eigenvalue weighted by Crippen LogP contribution is -2.26. The highest BCUT2D eigenvalue weighted by Gasteiger charge is 2.26. The van der Waals surface area contributed by atoms with E-state index < -0.39 is 11.9 Å². The van der Waals surface area contributed by atoms with Gasteiger partial charge in [0.25, 0.3) is 0 Å². The summed E-state index contributed by atoms with van der Waals surface area (Å²) in [6.45, 7) is 0.0873. The monoisotopic (exact) mass is 496 g/mol. The third kappa shape index (κ3) is 6.36. The lowest BCUT2D eigenvalue weighted by molar-refractivity contribution is -0.143. The molecular formula is C24H22ClFN6O3. The number of ketones is 1. The van der Waals surface area contributed by atoms with E-state index in [0.29, 0.717) is 22.6 Å². The van der Waals surface area contributed by atoms with Gasteiger partial charge in [0.15, 0.2) is 5.78 Å². The van der Waals surface area contributed by atoms with Gasteiger partial charge in [-0.15, -0.1) is 0 Å². The van der Waals surface area contributed by atoms with E-state index in [4.69, 9.17) is 11.6 Å². The molecule has 0 radical (unpaired) electrons. The Kier molecular flexibility index (Phi) is 7.61. The number of rotatable bonds is 11. The average molecular weight is 497 g/mol. The number of carbonyl (C=O) groups is 2. The highest BCUT2D eigenvalue weighted by molar-refractivity contribution is 6.30. The summed E-state index contributed by atoms with van der Waals surface area (Å²) in [4.78, 5) is 26.0. The summed E-state index contributed by atoms with van der Waals surface area (Å²) in [5.74, 6) is -2.70. The lowest BCUT2D eigenvalue weighted by Gasteiger charge is -2.20. The summed E-state index contributed by atoms with van der Waals surface area (Å²) in [5.41, 5.74) is 2.13. The van der Waals surface area contributed by atoms with Gasteiger partial charge >= 0.3 is 5.97 Å². The molecule has 2 heterocycles. The van der Waals surface area contributed by atoms with E-state index in [1.54, 1.807) is 18.2 Å². The van der Waals surface area contributed by atoms with Crippen LogP contribution in [0.25, 0.3) is 11.1 Å². The quantitative estimate of drug-likeness (QED) is 0.299. The number of halogens is 2. The third-order valence-electron chi connectivity index (χ3n) is 5.71. The van der Waals surface area contributed by atoms with Gasteiger partial charge in [-0.1, -0.05) is 35.9 Å². The number of H-pyrrole nitrogens is 1. The topological polar surface area (TPSA) is 127 Å². The van der Waals surface area contributed by atoms with Gasteiger partial charge < -0.3 is 5.11 Å². The van der Waals surface area contributed by atoms with Crippen LogP contribution in [-0.2, 0) is 17.8 Å². The molecule has 0 amide bonds. The first-order valence-electron chi connectivity index (χ1n) is 10.9. The number of aromatic nitrogens is 6. The number of carboxylic acid groups (broad SMARTS) is 1. The standard InChI is InChI=1S/C24H22ClFN6O3/c25-19-5-6-21(26)20(12-19)17-3-1-15(2-4-17)9-16(11-23(33)22-13-27-31-30-22)10-18(24(34)35)14-32-28-7-8-29-32/h1-8,12-13,16,18H,9-11,14H2,(H,34,35)(H,27,30,31)/t16-,18+/m1/s1. The number of aliphatic carboxylic acids is 1. The van der Waals surface area contributed by atoms with E-state index in [9.17, 15) is 19.1 Å². The maximum Gasteiger partial charge on any atom is 0.308 e. The Bertz CT molecular complexity index is 1280. The molecule has 0 aliphatic heterocycles. The highest BCUT2D eigenvalue weighted by atomic mass is 35.5. The van der Waals surface area contributed by atoms with Crippen LogP contribution in [0, 0.1) is 17.7 Å². The zero-order chi connectivity index (χ0) is 24.8. The SMILES string of the molecule is O=C(C[C@H](Cc1ccc(-c2cc(Cl)ccc2F)cc1)C[C@@H](Cn1nccn1)C(=O)O)c1cn[nH]n1. The normalized spacial score (nSPS) is 12.9. The van der Waals surface area contributed by atoms with Crippen molar-refractivity contribution in [3.05, 3.63) is 83.2 Å². The van der Waals surface area contributed by atoms with Gasteiger partial charge in [-0.05, 0) is 48.1 Å². The van der Waals surface area contributed by atoms with Crippen LogP contribution in [0.4, 0.5) is 4.39 Å². The second-order valence-corrected chi connectivity index (χ2v) is 8.67. The van der Waals surface area contributed by atoms with Gasteiger partial charge in [0, 0.05) is 17.0 Å². The number of Topliss-reactive ketones (excluding diaryl/α,β-unsaturated/α-hetero) is 1. The van der Waals surface area contributed by atoms with Crippen molar-refractivity contribution in [1.82, 2.24) is 30.4 Å². The predicted molar refractivity (Wildman–Crippen MR) is 125 cm³/mol. The number of nitrogens with one attached hydrogen (secondary N) is 1.